The molecule has 8 heteroatoms. The SMILES string of the molecule is C[C@@H]1[C@H]2C[C@@H](C[C@H]1Nc1cnn(CC(=O)NCc3ccc(C#N)cc3)c(=O)c1Br)C2(C)C. The molecule has 2 bridgehead atoms. The minimum absolute atomic E-state index is 0.161. The number of rotatable bonds is 6. The molecular weight excluding hydrogens is 470 g/mol. The normalized spacial score (nSPS) is 25.3. The summed E-state index contributed by atoms with van der Waals surface area (Å²) in [5.41, 5.74) is 2.19. The van der Waals surface area contributed by atoms with Gasteiger partial charge < -0.3 is 10.6 Å². The number of amides is 1. The van der Waals surface area contributed by atoms with E-state index in [-0.39, 0.29) is 18.0 Å². The zero-order valence-corrected chi connectivity index (χ0v) is 20.1. The molecule has 1 amide bonds. The highest BCUT2D eigenvalue weighted by atomic mass is 79.9. The van der Waals surface area contributed by atoms with Crippen LogP contribution in [-0.4, -0.2) is 21.7 Å². The molecule has 0 aliphatic heterocycles. The fourth-order valence-electron chi connectivity index (χ4n) is 5.31. The summed E-state index contributed by atoms with van der Waals surface area (Å²) in [7, 11) is 0. The molecule has 0 unspecified atom stereocenters. The number of halogens is 1. The first-order valence-corrected chi connectivity index (χ1v) is 11.8. The molecule has 3 saturated carbocycles. The summed E-state index contributed by atoms with van der Waals surface area (Å²) >= 11 is 3.41. The first-order valence-electron chi connectivity index (χ1n) is 11.0. The highest BCUT2D eigenvalue weighted by Crippen LogP contribution is 2.61. The van der Waals surface area contributed by atoms with E-state index in [1.54, 1.807) is 30.5 Å². The van der Waals surface area contributed by atoms with Crippen LogP contribution in [0.4, 0.5) is 5.69 Å². The van der Waals surface area contributed by atoms with Gasteiger partial charge in [0.25, 0.3) is 5.56 Å². The number of nitriles is 1. The van der Waals surface area contributed by atoms with Crippen molar-refractivity contribution in [3.8, 4) is 6.07 Å². The van der Waals surface area contributed by atoms with Gasteiger partial charge in [0.2, 0.25) is 5.91 Å². The Morgan fingerprint density at radius 1 is 1.31 bits per heavy atom. The van der Waals surface area contributed by atoms with E-state index in [4.69, 9.17) is 5.26 Å². The Kier molecular flexibility index (Phi) is 6.13. The third-order valence-corrected chi connectivity index (χ3v) is 8.31. The third kappa shape index (κ3) is 4.18. The molecule has 0 spiro atoms. The van der Waals surface area contributed by atoms with Gasteiger partial charge in [-0.2, -0.15) is 10.4 Å². The van der Waals surface area contributed by atoms with Crippen LogP contribution in [0.15, 0.2) is 39.7 Å². The quantitative estimate of drug-likeness (QED) is 0.633. The van der Waals surface area contributed by atoms with Gasteiger partial charge in [0, 0.05) is 12.6 Å². The van der Waals surface area contributed by atoms with Gasteiger partial charge in [-0.05, 0) is 69.6 Å². The van der Waals surface area contributed by atoms with Gasteiger partial charge in [-0.25, -0.2) is 4.68 Å². The monoisotopic (exact) mass is 497 g/mol. The van der Waals surface area contributed by atoms with E-state index in [2.05, 4.69) is 58.5 Å². The van der Waals surface area contributed by atoms with Crippen LogP contribution in [0, 0.1) is 34.5 Å². The summed E-state index contributed by atoms with van der Waals surface area (Å²) in [4.78, 5) is 25.1. The fraction of sp³-hybridized carbons (Fsp3) is 0.500. The maximum Gasteiger partial charge on any atom is 0.283 e. The summed E-state index contributed by atoms with van der Waals surface area (Å²) in [6, 6.07) is 9.36. The Bertz CT molecular complexity index is 1120. The van der Waals surface area contributed by atoms with Crippen molar-refractivity contribution in [2.45, 2.75) is 52.7 Å². The lowest BCUT2D eigenvalue weighted by Gasteiger charge is -2.62. The molecule has 3 aliphatic carbocycles. The maximum absolute atomic E-state index is 12.8. The highest BCUT2D eigenvalue weighted by molar-refractivity contribution is 9.10. The minimum Gasteiger partial charge on any atom is -0.380 e. The van der Waals surface area contributed by atoms with Crippen LogP contribution in [0.5, 0.6) is 0 Å². The van der Waals surface area contributed by atoms with E-state index in [0.29, 0.717) is 51.5 Å². The lowest BCUT2D eigenvalue weighted by atomic mass is 9.45. The molecule has 0 saturated heterocycles. The molecule has 1 aromatic heterocycles. The standard InChI is InChI=1S/C24H28BrN5O2/c1-14-18-8-17(24(18,2)3)9-19(14)29-20-12-28-30(23(32)22(20)25)13-21(31)27-11-16-6-4-15(10-26)5-7-16/h4-7,12,14,17-19,29H,8-9,11,13H2,1-3H3,(H,27,31)/t14-,17+,18-,19-/m1/s1. The number of carbonyl (C=O) groups excluding carboxylic acids is 1. The molecule has 7 nitrogen and oxygen atoms in total. The molecule has 0 radical (unpaired) electrons. The molecule has 168 valence electrons. The van der Waals surface area contributed by atoms with Gasteiger partial charge in [0.05, 0.1) is 23.5 Å². The Hall–Kier alpha value is -2.66. The molecule has 5 rings (SSSR count). The van der Waals surface area contributed by atoms with Crippen LogP contribution in [0.2, 0.25) is 0 Å². The minimum atomic E-state index is -0.336. The lowest BCUT2D eigenvalue weighted by Crippen LogP contribution is -2.58. The zero-order valence-electron chi connectivity index (χ0n) is 18.6. The molecule has 2 N–H and O–H groups in total. The van der Waals surface area contributed by atoms with E-state index in [1.165, 1.54) is 6.42 Å². The van der Waals surface area contributed by atoms with Crippen LogP contribution in [0.25, 0.3) is 0 Å². The van der Waals surface area contributed by atoms with Crippen molar-refractivity contribution in [3.63, 3.8) is 0 Å². The zero-order chi connectivity index (χ0) is 23.0. The molecule has 1 aromatic carbocycles. The Morgan fingerprint density at radius 3 is 2.66 bits per heavy atom. The van der Waals surface area contributed by atoms with Crippen molar-refractivity contribution in [1.82, 2.24) is 15.1 Å². The number of hydrogen-bond acceptors (Lipinski definition) is 5. The maximum atomic E-state index is 12.8. The fourth-order valence-corrected chi connectivity index (χ4v) is 5.73. The van der Waals surface area contributed by atoms with E-state index in [9.17, 15) is 9.59 Å². The Morgan fingerprint density at radius 2 is 2.03 bits per heavy atom. The van der Waals surface area contributed by atoms with Crippen LogP contribution >= 0.6 is 15.9 Å². The lowest BCUT2D eigenvalue weighted by molar-refractivity contribution is -0.122. The number of fused-ring (bicyclic) bond motifs is 2. The molecule has 32 heavy (non-hydrogen) atoms. The average molecular weight is 498 g/mol. The van der Waals surface area contributed by atoms with Gasteiger partial charge in [-0.1, -0.05) is 32.9 Å². The van der Waals surface area contributed by atoms with Gasteiger partial charge >= 0.3 is 0 Å². The van der Waals surface area contributed by atoms with Crippen molar-refractivity contribution < 1.29 is 4.79 Å². The number of nitrogens with one attached hydrogen (secondary N) is 2. The second-order valence-electron chi connectivity index (χ2n) is 9.63. The molecule has 1 heterocycles. The van der Waals surface area contributed by atoms with Crippen molar-refractivity contribution >= 4 is 27.5 Å². The Labute approximate surface area is 196 Å². The third-order valence-electron chi connectivity index (χ3n) is 7.55. The van der Waals surface area contributed by atoms with Crippen LogP contribution in [0.3, 0.4) is 0 Å². The first-order chi connectivity index (χ1) is 15.2. The molecular formula is C24H28BrN5O2. The van der Waals surface area contributed by atoms with E-state index < -0.39 is 0 Å². The summed E-state index contributed by atoms with van der Waals surface area (Å²) < 4.78 is 1.56. The summed E-state index contributed by atoms with van der Waals surface area (Å²) in [5.74, 6) is 1.64. The summed E-state index contributed by atoms with van der Waals surface area (Å²) in [6.07, 6.45) is 4.01. The number of benzene rings is 1. The van der Waals surface area contributed by atoms with Crippen LogP contribution in [0.1, 0.15) is 44.7 Å². The van der Waals surface area contributed by atoms with Crippen LogP contribution in [-0.2, 0) is 17.9 Å². The number of aromatic nitrogens is 2. The van der Waals surface area contributed by atoms with Gasteiger partial charge in [-0.15, -0.1) is 0 Å². The van der Waals surface area contributed by atoms with Gasteiger partial charge in [0.1, 0.15) is 11.0 Å². The van der Waals surface area contributed by atoms with Gasteiger partial charge in [0.15, 0.2) is 0 Å². The second kappa shape index (κ2) is 8.70. The Balaban J connectivity index is 1.37. The largest absolute Gasteiger partial charge is 0.380 e. The molecule has 4 atom stereocenters. The topological polar surface area (TPSA) is 99.8 Å². The van der Waals surface area contributed by atoms with Crippen molar-refractivity contribution in [3.05, 3.63) is 56.4 Å². The summed E-state index contributed by atoms with van der Waals surface area (Å²) in [5, 5.41) is 19.4. The van der Waals surface area contributed by atoms with Gasteiger partial charge in [-0.3, -0.25) is 9.59 Å². The summed E-state index contributed by atoms with van der Waals surface area (Å²) in [6.45, 7) is 7.18. The van der Waals surface area contributed by atoms with Crippen molar-refractivity contribution in [1.29, 1.82) is 5.26 Å². The van der Waals surface area contributed by atoms with E-state index in [1.807, 2.05) is 0 Å². The van der Waals surface area contributed by atoms with Crippen molar-refractivity contribution in [2.24, 2.45) is 23.2 Å². The van der Waals surface area contributed by atoms with Crippen LogP contribution < -0.4 is 16.2 Å². The number of anilines is 1. The average Bonchev–Trinajstić information content (AvgIpc) is 2.78. The first kappa shape index (κ1) is 22.5. The number of nitrogens with zero attached hydrogens (tertiary/aromatic N) is 3. The van der Waals surface area contributed by atoms with Crippen molar-refractivity contribution in [2.75, 3.05) is 5.32 Å². The van der Waals surface area contributed by atoms with E-state index >= 15 is 0 Å². The smallest absolute Gasteiger partial charge is 0.283 e. The highest BCUT2D eigenvalue weighted by Gasteiger charge is 2.56. The predicted molar refractivity (Wildman–Crippen MR) is 126 cm³/mol. The number of carbonyl (C=O) groups is 1. The number of hydrogen-bond donors (Lipinski definition) is 2. The molecule has 3 aliphatic rings. The molecule has 2 aromatic rings. The van der Waals surface area contributed by atoms with E-state index in [0.717, 1.165) is 16.7 Å². The predicted octanol–water partition coefficient (Wildman–Crippen LogP) is 3.68. The second-order valence-corrected chi connectivity index (χ2v) is 10.4. The molecule has 3 fully saturated rings.